The van der Waals surface area contributed by atoms with Gasteiger partial charge in [-0.25, -0.2) is 4.79 Å². The standard InChI is InChI=1S/C22H36N4O3S.HI/c1-22(2,3)29-21(27)26-19-12-10-18(11-13-19)25-20(23-4)24-14-15-30(28)16-17-8-6-5-7-9-17;/h5-9,18-19H,10-16H2,1-4H3,(H,26,27)(H2,23,24,25);1H. The molecule has 0 saturated heterocycles. The van der Waals surface area contributed by atoms with E-state index in [1.807, 2.05) is 51.1 Å². The lowest BCUT2D eigenvalue weighted by atomic mass is 9.91. The highest BCUT2D eigenvalue weighted by Gasteiger charge is 2.25. The van der Waals surface area contributed by atoms with Crippen LogP contribution in [0.1, 0.15) is 52.0 Å². The number of nitrogens with one attached hydrogen (secondary N) is 3. The second kappa shape index (κ2) is 13.9. The van der Waals surface area contributed by atoms with Crippen molar-refractivity contribution in [1.82, 2.24) is 16.0 Å². The summed E-state index contributed by atoms with van der Waals surface area (Å²) in [4.78, 5) is 16.2. The molecule has 1 amide bonds. The van der Waals surface area contributed by atoms with Gasteiger partial charge in [-0.3, -0.25) is 9.20 Å². The molecule has 3 N–H and O–H groups in total. The molecule has 0 radical (unpaired) electrons. The Morgan fingerprint density at radius 1 is 1.10 bits per heavy atom. The second-order valence-corrected chi connectivity index (χ2v) is 10.2. The Morgan fingerprint density at radius 3 is 2.23 bits per heavy atom. The van der Waals surface area contributed by atoms with Gasteiger partial charge >= 0.3 is 6.09 Å². The van der Waals surface area contributed by atoms with E-state index in [1.54, 1.807) is 7.05 Å². The number of carbonyl (C=O) groups excluding carboxylic acids is 1. The van der Waals surface area contributed by atoms with Crippen LogP contribution in [0.4, 0.5) is 4.79 Å². The number of amides is 1. The number of hydrogen-bond acceptors (Lipinski definition) is 4. The second-order valence-electron chi connectivity index (χ2n) is 8.61. The van der Waals surface area contributed by atoms with E-state index in [2.05, 4.69) is 20.9 Å². The van der Waals surface area contributed by atoms with Crippen LogP contribution in [0.3, 0.4) is 0 Å². The average Bonchev–Trinajstić information content (AvgIpc) is 2.68. The third kappa shape index (κ3) is 11.7. The number of ether oxygens (including phenoxy) is 1. The van der Waals surface area contributed by atoms with Crippen LogP contribution in [0.25, 0.3) is 0 Å². The van der Waals surface area contributed by atoms with Crippen LogP contribution in [0, 0.1) is 0 Å². The summed E-state index contributed by atoms with van der Waals surface area (Å²) >= 11 is 0. The van der Waals surface area contributed by atoms with Gasteiger partial charge in [0.15, 0.2) is 5.96 Å². The first-order chi connectivity index (χ1) is 14.2. The highest BCUT2D eigenvalue weighted by molar-refractivity contribution is 14.0. The molecule has 1 aromatic carbocycles. The summed E-state index contributed by atoms with van der Waals surface area (Å²) in [5.74, 6) is 1.88. The van der Waals surface area contributed by atoms with E-state index < -0.39 is 16.4 Å². The van der Waals surface area contributed by atoms with Crippen LogP contribution in [0.15, 0.2) is 35.3 Å². The number of rotatable bonds is 7. The average molecular weight is 565 g/mol. The molecule has 1 aromatic rings. The number of aliphatic imine (C=N–C) groups is 1. The zero-order valence-electron chi connectivity index (χ0n) is 19.0. The summed E-state index contributed by atoms with van der Waals surface area (Å²) in [6.45, 7) is 6.20. The molecule has 0 aromatic heterocycles. The molecular weight excluding hydrogens is 527 g/mol. The molecular formula is C22H37IN4O3S. The number of halogens is 1. The van der Waals surface area contributed by atoms with Gasteiger partial charge in [0.1, 0.15) is 5.60 Å². The fraction of sp³-hybridized carbons (Fsp3) is 0.636. The molecule has 7 nitrogen and oxygen atoms in total. The number of benzene rings is 1. The van der Waals surface area contributed by atoms with Crippen molar-refractivity contribution < 1.29 is 13.7 Å². The summed E-state index contributed by atoms with van der Waals surface area (Å²) in [6, 6.07) is 10.4. The van der Waals surface area contributed by atoms with Crippen LogP contribution in [-0.2, 0) is 21.3 Å². The molecule has 1 aliphatic rings. The van der Waals surface area contributed by atoms with Crippen molar-refractivity contribution in [2.45, 2.75) is 69.9 Å². The molecule has 176 valence electrons. The maximum Gasteiger partial charge on any atom is 0.407 e. The largest absolute Gasteiger partial charge is 0.444 e. The Hall–Kier alpha value is -1.36. The molecule has 31 heavy (non-hydrogen) atoms. The lowest BCUT2D eigenvalue weighted by Crippen LogP contribution is -2.48. The van der Waals surface area contributed by atoms with Crippen LogP contribution < -0.4 is 16.0 Å². The smallest absolute Gasteiger partial charge is 0.407 e. The topological polar surface area (TPSA) is 91.8 Å². The van der Waals surface area contributed by atoms with E-state index in [1.165, 1.54) is 0 Å². The molecule has 0 heterocycles. The van der Waals surface area contributed by atoms with Crippen molar-refractivity contribution in [2.75, 3.05) is 19.3 Å². The van der Waals surface area contributed by atoms with Gasteiger partial charge in [-0.15, -0.1) is 24.0 Å². The molecule has 1 atom stereocenters. The molecule has 0 bridgehead atoms. The zero-order chi connectivity index (χ0) is 22.0. The Labute approximate surface area is 206 Å². The number of alkyl carbamates (subject to hydrolysis) is 1. The van der Waals surface area contributed by atoms with Gasteiger partial charge in [0.05, 0.1) is 0 Å². The molecule has 2 rings (SSSR count). The molecule has 0 spiro atoms. The van der Waals surface area contributed by atoms with E-state index in [0.29, 0.717) is 24.1 Å². The molecule has 1 aliphatic carbocycles. The van der Waals surface area contributed by atoms with E-state index in [9.17, 15) is 9.00 Å². The van der Waals surface area contributed by atoms with Crippen LogP contribution in [0.5, 0.6) is 0 Å². The third-order valence-corrected chi connectivity index (χ3v) is 6.12. The fourth-order valence-corrected chi connectivity index (χ4v) is 4.40. The summed E-state index contributed by atoms with van der Waals surface area (Å²) in [5, 5.41) is 9.66. The summed E-state index contributed by atoms with van der Waals surface area (Å²) in [6.07, 6.45) is 3.34. The summed E-state index contributed by atoms with van der Waals surface area (Å²) in [5.41, 5.74) is 0.612. The summed E-state index contributed by atoms with van der Waals surface area (Å²) in [7, 11) is 0.830. The molecule has 1 saturated carbocycles. The van der Waals surface area contributed by atoms with Crippen LogP contribution in [-0.4, -0.2) is 53.3 Å². The quantitative estimate of drug-likeness (QED) is 0.268. The normalized spacial score (nSPS) is 20.2. The highest BCUT2D eigenvalue weighted by Crippen LogP contribution is 2.19. The molecule has 9 heteroatoms. The SMILES string of the molecule is CN=C(NCCS(=O)Cc1ccccc1)NC1CCC(NC(=O)OC(C)(C)C)CC1.I. The lowest BCUT2D eigenvalue weighted by Gasteiger charge is -2.31. The minimum absolute atomic E-state index is 0. The van der Waals surface area contributed by atoms with E-state index in [4.69, 9.17) is 4.74 Å². The van der Waals surface area contributed by atoms with Gasteiger partial charge in [-0.1, -0.05) is 30.3 Å². The van der Waals surface area contributed by atoms with E-state index in [-0.39, 0.29) is 36.1 Å². The Kier molecular flexibility index (Phi) is 12.4. The fourth-order valence-electron chi connectivity index (χ4n) is 3.36. The number of nitrogens with zero attached hydrogens (tertiary/aromatic N) is 1. The van der Waals surface area contributed by atoms with Crippen molar-refractivity contribution in [3.8, 4) is 0 Å². The Morgan fingerprint density at radius 2 is 1.68 bits per heavy atom. The minimum atomic E-state index is -0.912. The third-order valence-electron chi connectivity index (χ3n) is 4.81. The van der Waals surface area contributed by atoms with Crippen molar-refractivity contribution in [1.29, 1.82) is 0 Å². The molecule has 0 aliphatic heterocycles. The van der Waals surface area contributed by atoms with Crippen LogP contribution in [0.2, 0.25) is 0 Å². The van der Waals surface area contributed by atoms with Gasteiger partial charge in [-0.2, -0.15) is 0 Å². The van der Waals surface area contributed by atoms with Crippen molar-refractivity contribution in [3.05, 3.63) is 35.9 Å². The van der Waals surface area contributed by atoms with Gasteiger partial charge < -0.3 is 20.7 Å². The van der Waals surface area contributed by atoms with E-state index >= 15 is 0 Å². The van der Waals surface area contributed by atoms with Gasteiger partial charge in [0.2, 0.25) is 0 Å². The van der Waals surface area contributed by atoms with Gasteiger partial charge in [0, 0.05) is 48.0 Å². The number of guanidine groups is 1. The number of carbonyl (C=O) groups is 1. The predicted octanol–water partition coefficient (Wildman–Crippen LogP) is 3.55. The minimum Gasteiger partial charge on any atom is -0.444 e. The Balaban J connectivity index is 0.00000480. The Bertz CT molecular complexity index is 717. The first-order valence-corrected chi connectivity index (χ1v) is 12.1. The number of hydrogen-bond donors (Lipinski definition) is 3. The van der Waals surface area contributed by atoms with Crippen molar-refractivity contribution >= 4 is 46.8 Å². The first kappa shape index (κ1) is 27.7. The van der Waals surface area contributed by atoms with Crippen LogP contribution >= 0.6 is 24.0 Å². The first-order valence-electron chi connectivity index (χ1n) is 10.6. The zero-order valence-corrected chi connectivity index (χ0v) is 22.1. The molecule has 1 fully saturated rings. The summed E-state index contributed by atoms with van der Waals surface area (Å²) < 4.78 is 17.6. The predicted molar refractivity (Wildman–Crippen MR) is 138 cm³/mol. The van der Waals surface area contributed by atoms with Gasteiger partial charge in [-0.05, 0) is 52.0 Å². The van der Waals surface area contributed by atoms with Crippen molar-refractivity contribution in [2.24, 2.45) is 4.99 Å². The van der Waals surface area contributed by atoms with Crippen molar-refractivity contribution in [3.63, 3.8) is 0 Å². The van der Waals surface area contributed by atoms with Gasteiger partial charge in [0.25, 0.3) is 0 Å². The maximum absolute atomic E-state index is 12.2. The van der Waals surface area contributed by atoms with E-state index in [0.717, 1.165) is 37.2 Å². The monoisotopic (exact) mass is 564 g/mol. The highest BCUT2D eigenvalue weighted by atomic mass is 127. The lowest BCUT2D eigenvalue weighted by molar-refractivity contribution is 0.0490. The molecule has 1 unspecified atom stereocenters. The maximum atomic E-state index is 12.2.